The lowest BCUT2D eigenvalue weighted by molar-refractivity contribution is -0.137. The van der Waals surface area contributed by atoms with Gasteiger partial charge in [-0.3, -0.25) is 4.79 Å². The molecule has 0 aromatic heterocycles. The quantitative estimate of drug-likeness (QED) is 0.468. The van der Waals surface area contributed by atoms with Crippen molar-refractivity contribution in [3.8, 4) is 5.75 Å². The Balaban J connectivity index is 2.48. The van der Waals surface area contributed by atoms with Gasteiger partial charge in [0.2, 0.25) is 0 Å². The van der Waals surface area contributed by atoms with Gasteiger partial charge in [0, 0.05) is 18.1 Å². The first-order valence-corrected chi connectivity index (χ1v) is 5.41. The summed E-state index contributed by atoms with van der Waals surface area (Å²) in [7, 11) is 0. The normalized spacial score (nSPS) is 12.8. The number of halogens is 2. The summed E-state index contributed by atoms with van der Waals surface area (Å²) < 4.78 is 36.5. The minimum atomic E-state index is -1.18. The lowest BCUT2D eigenvalue weighted by atomic mass is 10.0. The molecule has 0 spiro atoms. The number of hydrogen-bond donors (Lipinski definition) is 0. The molecule has 0 radical (unpaired) electrons. The molecule has 96 valence electrons. The van der Waals surface area contributed by atoms with Crippen LogP contribution in [0, 0.1) is 11.6 Å². The summed E-state index contributed by atoms with van der Waals surface area (Å²) >= 11 is 0. The average molecular weight is 256 g/mol. The molecule has 0 atom stereocenters. The van der Waals surface area contributed by atoms with E-state index in [1.165, 1.54) is 6.92 Å². The molecule has 6 heteroatoms. The van der Waals surface area contributed by atoms with E-state index < -0.39 is 29.0 Å². The Morgan fingerprint density at radius 1 is 1.39 bits per heavy atom. The molecule has 1 aliphatic rings. The number of Topliss-reactive ketones (excluding diaryl/α,β-unsaturated/α-hetero) is 1. The number of hydrogen-bond acceptors (Lipinski definition) is 4. The average Bonchev–Trinajstić information content (AvgIpc) is 2.78. The van der Waals surface area contributed by atoms with Gasteiger partial charge >= 0.3 is 5.97 Å². The van der Waals surface area contributed by atoms with E-state index in [4.69, 9.17) is 4.74 Å². The number of ketones is 1. The van der Waals surface area contributed by atoms with E-state index in [-0.39, 0.29) is 30.9 Å². The Labute approximate surface area is 101 Å². The van der Waals surface area contributed by atoms with Crippen LogP contribution in [0.5, 0.6) is 5.75 Å². The molecule has 0 bridgehead atoms. The number of carbonyl (C=O) groups excluding carboxylic acids is 2. The molecule has 0 unspecified atom stereocenters. The number of rotatable bonds is 3. The summed E-state index contributed by atoms with van der Waals surface area (Å²) in [6, 6.07) is 0.583. The summed E-state index contributed by atoms with van der Waals surface area (Å²) in [5.74, 6) is -4.43. The van der Waals surface area contributed by atoms with Crippen molar-refractivity contribution in [3.05, 3.63) is 28.8 Å². The second-order valence-corrected chi connectivity index (χ2v) is 3.67. The van der Waals surface area contributed by atoms with E-state index >= 15 is 0 Å². The molecule has 2 rings (SSSR count). The number of carbonyl (C=O) groups is 2. The second-order valence-electron chi connectivity index (χ2n) is 3.67. The smallest absolute Gasteiger partial charge is 0.379 e. The van der Waals surface area contributed by atoms with Gasteiger partial charge in [0.05, 0.1) is 13.2 Å². The maximum atomic E-state index is 13.6. The van der Waals surface area contributed by atoms with Crippen LogP contribution in [-0.4, -0.2) is 25.0 Å². The van der Waals surface area contributed by atoms with Gasteiger partial charge in [-0.05, 0) is 6.92 Å². The number of benzene rings is 1. The summed E-state index contributed by atoms with van der Waals surface area (Å²) in [5, 5.41) is 0. The monoisotopic (exact) mass is 256 g/mol. The minimum absolute atomic E-state index is 0.00354. The molecule has 18 heavy (non-hydrogen) atoms. The van der Waals surface area contributed by atoms with Crippen molar-refractivity contribution in [2.45, 2.75) is 13.3 Å². The van der Waals surface area contributed by atoms with Crippen molar-refractivity contribution in [2.24, 2.45) is 0 Å². The molecule has 1 aliphatic heterocycles. The van der Waals surface area contributed by atoms with Crippen LogP contribution in [0.4, 0.5) is 8.78 Å². The zero-order valence-electron chi connectivity index (χ0n) is 9.59. The molecular formula is C12H10F2O4. The molecule has 1 aromatic rings. The SMILES string of the molecule is CCOC(=O)C(=O)c1c(F)cc(F)c2c1OCC2. The third-order valence-corrected chi connectivity index (χ3v) is 2.57. The zero-order chi connectivity index (χ0) is 13.3. The minimum Gasteiger partial charge on any atom is -0.492 e. The van der Waals surface area contributed by atoms with Crippen LogP contribution < -0.4 is 4.74 Å². The predicted octanol–water partition coefficient (Wildman–Crippen LogP) is 1.65. The highest BCUT2D eigenvalue weighted by Gasteiger charge is 2.32. The Bertz CT molecular complexity index is 525. The molecular weight excluding hydrogens is 246 g/mol. The van der Waals surface area contributed by atoms with Crippen LogP contribution in [0.1, 0.15) is 22.8 Å². The van der Waals surface area contributed by atoms with Gasteiger partial charge in [0.1, 0.15) is 22.9 Å². The molecule has 4 nitrogen and oxygen atoms in total. The van der Waals surface area contributed by atoms with Crippen LogP contribution in [0.15, 0.2) is 6.07 Å². The van der Waals surface area contributed by atoms with Crippen molar-refractivity contribution in [1.82, 2.24) is 0 Å². The van der Waals surface area contributed by atoms with Gasteiger partial charge in [-0.25, -0.2) is 13.6 Å². The van der Waals surface area contributed by atoms with Gasteiger partial charge < -0.3 is 9.47 Å². The predicted molar refractivity (Wildman–Crippen MR) is 56.5 cm³/mol. The van der Waals surface area contributed by atoms with Gasteiger partial charge in [0.15, 0.2) is 0 Å². The molecule has 0 fully saturated rings. The second kappa shape index (κ2) is 4.72. The summed E-state index contributed by atoms with van der Waals surface area (Å²) in [4.78, 5) is 23.0. The van der Waals surface area contributed by atoms with Gasteiger partial charge in [-0.15, -0.1) is 0 Å². The van der Waals surface area contributed by atoms with E-state index in [2.05, 4.69) is 4.74 Å². The Morgan fingerprint density at radius 2 is 2.11 bits per heavy atom. The van der Waals surface area contributed by atoms with E-state index in [0.29, 0.717) is 6.07 Å². The first kappa shape index (κ1) is 12.5. The van der Waals surface area contributed by atoms with Gasteiger partial charge in [-0.2, -0.15) is 0 Å². The Hall–Kier alpha value is -1.98. The topological polar surface area (TPSA) is 52.6 Å². The fraction of sp³-hybridized carbons (Fsp3) is 0.333. The Morgan fingerprint density at radius 3 is 2.78 bits per heavy atom. The number of ether oxygens (including phenoxy) is 2. The van der Waals surface area contributed by atoms with Crippen LogP contribution in [0.3, 0.4) is 0 Å². The fourth-order valence-electron chi connectivity index (χ4n) is 1.80. The third kappa shape index (κ3) is 1.94. The first-order valence-electron chi connectivity index (χ1n) is 5.41. The van der Waals surface area contributed by atoms with Crippen LogP contribution in [0.25, 0.3) is 0 Å². The van der Waals surface area contributed by atoms with Gasteiger partial charge in [-0.1, -0.05) is 0 Å². The first-order chi connectivity index (χ1) is 8.56. The maximum Gasteiger partial charge on any atom is 0.379 e. The summed E-state index contributed by atoms with van der Waals surface area (Å²) in [5.41, 5.74) is -0.439. The van der Waals surface area contributed by atoms with E-state index in [9.17, 15) is 18.4 Å². The van der Waals surface area contributed by atoms with Crippen molar-refractivity contribution < 1.29 is 27.8 Å². The van der Waals surface area contributed by atoms with Crippen molar-refractivity contribution >= 4 is 11.8 Å². The lowest BCUT2D eigenvalue weighted by Crippen LogP contribution is -2.20. The molecule has 0 aliphatic carbocycles. The highest BCUT2D eigenvalue weighted by Crippen LogP contribution is 2.34. The zero-order valence-corrected chi connectivity index (χ0v) is 9.59. The third-order valence-electron chi connectivity index (χ3n) is 2.57. The van der Waals surface area contributed by atoms with Crippen molar-refractivity contribution in [1.29, 1.82) is 0 Å². The van der Waals surface area contributed by atoms with Crippen LogP contribution in [-0.2, 0) is 16.0 Å². The highest BCUT2D eigenvalue weighted by atomic mass is 19.1. The largest absolute Gasteiger partial charge is 0.492 e. The molecule has 0 N–H and O–H groups in total. The van der Waals surface area contributed by atoms with Crippen LogP contribution in [0.2, 0.25) is 0 Å². The molecule has 1 heterocycles. The maximum absolute atomic E-state index is 13.6. The van der Waals surface area contributed by atoms with Crippen molar-refractivity contribution in [2.75, 3.05) is 13.2 Å². The van der Waals surface area contributed by atoms with Crippen molar-refractivity contribution in [3.63, 3.8) is 0 Å². The highest BCUT2D eigenvalue weighted by molar-refractivity contribution is 6.41. The van der Waals surface area contributed by atoms with Crippen LogP contribution >= 0.6 is 0 Å². The van der Waals surface area contributed by atoms with E-state index in [1.807, 2.05) is 0 Å². The summed E-state index contributed by atoms with van der Waals surface area (Å²) in [6.45, 7) is 1.67. The Kier molecular flexibility index (Phi) is 3.27. The number of fused-ring (bicyclic) bond motifs is 1. The molecule has 0 saturated carbocycles. The lowest BCUT2D eigenvalue weighted by Gasteiger charge is -2.08. The molecule has 1 aromatic carbocycles. The van der Waals surface area contributed by atoms with E-state index in [1.54, 1.807) is 0 Å². The van der Waals surface area contributed by atoms with E-state index in [0.717, 1.165) is 0 Å². The number of esters is 1. The molecule has 0 amide bonds. The molecule has 0 saturated heterocycles. The van der Waals surface area contributed by atoms with Gasteiger partial charge in [0.25, 0.3) is 5.78 Å². The summed E-state index contributed by atoms with van der Waals surface area (Å²) in [6.07, 6.45) is 0.241. The standard InChI is InChI=1S/C12H10F2O4/c1-2-17-12(16)10(15)9-8(14)5-7(13)6-3-4-18-11(6)9/h5H,2-4H2,1H3. The fourth-order valence-corrected chi connectivity index (χ4v) is 1.80.